The van der Waals surface area contributed by atoms with Crippen molar-refractivity contribution in [2.75, 3.05) is 11.9 Å². The highest BCUT2D eigenvalue weighted by atomic mass is 16.6. The Balaban J connectivity index is 1.79. The lowest BCUT2D eigenvalue weighted by Gasteiger charge is -2.30. The Labute approximate surface area is 171 Å². The number of amides is 2. The largest absolute Gasteiger partial charge is 0.444 e. The van der Waals surface area contributed by atoms with Crippen LogP contribution in [-0.4, -0.2) is 39.2 Å². The zero-order valence-corrected chi connectivity index (χ0v) is 17.8. The number of para-hydroxylation sites is 1. The van der Waals surface area contributed by atoms with E-state index < -0.39 is 5.60 Å². The van der Waals surface area contributed by atoms with Gasteiger partial charge in [0.05, 0.1) is 6.54 Å². The summed E-state index contributed by atoms with van der Waals surface area (Å²) in [6.45, 7) is 10.6. The second kappa shape index (κ2) is 8.27. The maximum atomic E-state index is 13.0. The van der Waals surface area contributed by atoms with Crippen molar-refractivity contribution < 1.29 is 14.3 Å². The van der Waals surface area contributed by atoms with Gasteiger partial charge in [-0.2, -0.15) is 5.10 Å². The fraction of sp³-hybridized carbons (Fsp3) is 0.500. The maximum absolute atomic E-state index is 13.0. The molecule has 0 radical (unpaired) electrons. The molecule has 1 aromatic heterocycles. The first-order valence-corrected chi connectivity index (χ1v) is 10.1. The van der Waals surface area contributed by atoms with Gasteiger partial charge in [0.1, 0.15) is 5.60 Å². The number of rotatable bonds is 4. The molecule has 3 rings (SSSR count). The van der Waals surface area contributed by atoms with Gasteiger partial charge in [-0.05, 0) is 44.7 Å². The van der Waals surface area contributed by atoms with Crippen molar-refractivity contribution in [3.05, 3.63) is 46.8 Å². The number of H-pyrrole nitrogens is 1. The molecule has 7 heteroatoms. The minimum Gasteiger partial charge on any atom is -0.444 e. The van der Waals surface area contributed by atoms with Gasteiger partial charge in [-0.15, -0.1) is 0 Å². The Bertz CT molecular complexity index is 898. The second-order valence-corrected chi connectivity index (χ2v) is 8.53. The highest BCUT2D eigenvalue weighted by Crippen LogP contribution is 2.28. The SMILES string of the molecule is CCC(C)c1ccccc1NC(=O)c1n[nH]c2c1CN(C(=O)OC(C)(C)C)CC2. The molecule has 29 heavy (non-hydrogen) atoms. The molecule has 0 saturated heterocycles. The second-order valence-electron chi connectivity index (χ2n) is 8.53. The van der Waals surface area contributed by atoms with Crippen molar-refractivity contribution in [3.8, 4) is 0 Å². The van der Waals surface area contributed by atoms with Gasteiger partial charge >= 0.3 is 6.09 Å². The molecule has 0 saturated carbocycles. The van der Waals surface area contributed by atoms with Crippen LogP contribution in [0.2, 0.25) is 0 Å². The lowest BCUT2D eigenvalue weighted by Crippen LogP contribution is -2.40. The lowest BCUT2D eigenvalue weighted by molar-refractivity contribution is 0.0222. The summed E-state index contributed by atoms with van der Waals surface area (Å²) in [7, 11) is 0. The number of anilines is 1. The standard InChI is InChI=1S/C22H30N4O3/c1-6-14(2)15-9-7-8-10-17(15)23-20(27)19-16-13-26(12-11-18(16)24-25-19)21(28)29-22(3,4)5/h7-10,14H,6,11-13H2,1-5H3,(H,23,27)(H,24,25). The molecule has 1 aliphatic heterocycles. The van der Waals surface area contributed by atoms with Crippen LogP contribution in [0.3, 0.4) is 0 Å². The van der Waals surface area contributed by atoms with Gasteiger partial charge in [0.2, 0.25) is 0 Å². The van der Waals surface area contributed by atoms with E-state index in [1.165, 1.54) is 0 Å². The van der Waals surface area contributed by atoms with Crippen LogP contribution in [0.25, 0.3) is 0 Å². The average Bonchev–Trinajstić information content (AvgIpc) is 3.09. The van der Waals surface area contributed by atoms with E-state index in [2.05, 4.69) is 29.4 Å². The van der Waals surface area contributed by atoms with Crippen molar-refractivity contribution in [1.82, 2.24) is 15.1 Å². The molecule has 0 fully saturated rings. The van der Waals surface area contributed by atoms with Gasteiger partial charge < -0.3 is 15.0 Å². The highest BCUT2D eigenvalue weighted by Gasteiger charge is 2.30. The quantitative estimate of drug-likeness (QED) is 0.795. The van der Waals surface area contributed by atoms with E-state index in [0.29, 0.717) is 31.1 Å². The first-order chi connectivity index (χ1) is 13.7. The predicted molar refractivity (Wildman–Crippen MR) is 112 cm³/mol. The van der Waals surface area contributed by atoms with Gasteiger partial charge in [-0.1, -0.05) is 32.0 Å². The van der Waals surface area contributed by atoms with Crippen LogP contribution in [0, 0.1) is 0 Å². The molecular formula is C22H30N4O3. The molecule has 2 N–H and O–H groups in total. The van der Waals surface area contributed by atoms with Crippen molar-refractivity contribution in [3.63, 3.8) is 0 Å². The van der Waals surface area contributed by atoms with Crippen molar-refractivity contribution >= 4 is 17.7 Å². The van der Waals surface area contributed by atoms with Crippen LogP contribution >= 0.6 is 0 Å². The van der Waals surface area contributed by atoms with Gasteiger partial charge in [0.15, 0.2) is 5.69 Å². The summed E-state index contributed by atoms with van der Waals surface area (Å²) in [4.78, 5) is 27.0. The van der Waals surface area contributed by atoms with E-state index in [-0.39, 0.29) is 12.0 Å². The molecule has 0 bridgehead atoms. The summed E-state index contributed by atoms with van der Waals surface area (Å²) >= 11 is 0. The van der Waals surface area contributed by atoms with Crippen molar-refractivity contribution in [2.45, 2.75) is 65.5 Å². The number of hydrogen-bond acceptors (Lipinski definition) is 4. The maximum Gasteiger partial charge on any atom is 0.410 e. The Morgan fingerprint density at radius 3 is 2.72 bits per heavy atom. The number of aromatic nitrogens is 2. The summed E-state index contributed by atoms with van der Waals surface area (Å²) in [6.07, 6.45) is 1.21. The zero-order valence-electron chi connectivity index (χ0n) is 17.8. The van der Waals surface area contributed by atoms with Crippen LogP contribution in [0.15, 0.2) is 24.3 Å². The lowest BCUT2D eigenvalue weighted by atomic mass is 9.96. The third kappa shape index (κ3) is 4.78. The number of fused-ring (bicyclic) bond motifs is 1. The normalized spacial score (nSPS) is 14.9. The van der Waals surface area contributed by atoms with Gasteiger partial charge in [-0.25, -0.2) is 4.79 Å². The predicted octanol–water partition coefficient (Wildman–Crippen LogP) is 4.47. The number of aromatic amines is 1. The molecule has 7 nitrogen and oxygen atoms in total. The van der Waals surface area contributed by atoms with Gasteiger partial charge in [0.25, 0.3) is 5.91 Å². The smallest absolute Gasteiger partial charge is 0.410 e. The van der Waals surface area contributed by atoms with Crippen LogP contribution in [-0.2, 0) is 17.7 Å². The molecule has 1 aliphatic rings. The molecule has 0 spiro atoms. The Morgan fingerprint density at radius 2 is 2.03 bits per heavy atom. The van der Waals surface area contributed by atoms with E-state index in [1.54, 1.807) is 4.90 Å². The minimum atomic E-state index is -0.562. The summed E-state index contributed by atoms with van der Waals surface area (Å²) in [6, 6.07) is 7.83. The molecular weight excluding hydrogens is 368 g/mol. The van der Waals surface area contributed by atoms with E-state index >= 15 is 0 Å². The highest BCUT2D eigenvalue weighted by molar-refractivity contribution is 6.04. The number of hydrogen-bond donors (Lipinski definition) is 2. The molecule has 2 amide bonds. The number of benzene rings is 1. The third-order valence-corrected chi connectivity index (χ3v) is 5.15. The molecule has 156 valence electrons. The third-order valence-electron chi connectivity index (χ3n) is 5.15. The van der Waals surface area contributed by atoms with Crippen molar-refractivity contribution in [1.29, 1.82) is 0 Å². The zero-order chi connectivity index (χ0) is 21.2. The van der Waals surface area contributed by atoms with E-state index in [9.17, 15) is 9.59 Å². The van der Waals surface area contributed by atoms with E-state index in [1.807, 2.05) is 45.0 Å². The number of carbonyl (C=O) groups excluding carboxylic acids is 2. The number of nitrogens with zero attached hydrogens (tertiary/aromatic N) is 2. The number of ether oxygens (including phenoxy) is 1. The van der Waals surface area contributed by atoms with Crippen LogP contribution in [0.4, 0.5) is 10.5 Å². The Kier molecular flexibility index (Phi) is 5.96. The summed E-state index contributed by atoms with van der Waals surface area (Å²) in [5.74, 6) is 0.0616. The van der Waals surface area contributed by atoms with Gasteiger partial charge in [-0.3, -0.25) is 9.89 Å². The summed E-state index contributed by atoms with van der Waals surface area (Å²) in [5.41, 5.74) is 3.30. The average molecular weight is 399 g/mol. The first kappa shape index (κ1) is 20.9. The van der Waals surface area contributed by atoms with Crippen LogP contribution < -0.4 is 5.32 Å². The first-order valence-electron chi connectivity index (χ1n) is 10.1. The van der Waals surface area contributed by atoms with Gasteiger partial charge in [0, 0.05) is 29.9 Å². The fourth-order valence-electron chi connectivity index (χ4n) is 3.41. The molecule has 0 aliphatic carbocycles. The van der Waals surface area contributed by atoms with Crippen LogP contribution in [0.1, 0.15) is 74.3 Å². The molecule has 1 aromatic carbocycles. The summed E-state index contributed by atoms with van der Waals surface area (Å²) in [5, 5.41) is 10.2. The van der Waals surface area contributed by atoms with E-state index in [0.717, 1.165) is 28.9 Å². The van der Waals surface area contributed by atoms with Crippen LogP contribution in [0.5, 0.6) is 0 Å². The number of nitrogens with one attached hydrogen (secondary N) is 2. The summed E-state index contributed by atoms with van der Waals surface area (Å²) < 4.78 is 5.48. The minimum absolute atomic E-state index is 0.274. The van der Waals surface area contributed by atoms with E-state index in [4.69, 9.17) is 4.74 Å². The molecule has 1 atom stereocenters. The molecule has 1 unspecified atom stereocenters. The molecule has 2 heterocycles. The Hall–Kier alpha value is -2.83. The monoisotopic (exact) mass is 398 g/mol. The topological polar surface area (TPSA) is 87.3 Å². The molecule has 2 aromatic rings. The number of carbonyl (C=O) groups is 2. The van der Waals surface area contributed by atoms with Crippen molar-refractivity contribution in [2.24, 2.45) is 0 Å². The Morgan fingerprint density at radius 1 is 1.31 bits per heavy atom. The fourth-order valence-corrected chi connectivity index (χ4v) is 3.41.